The van der Waals surface area contributed by atoms with Gasteiger partial charge in [-0.1, -0.05) is 53.6 Å². The smallest absolute Gasteiger partial charge is 0.0759 e. The predicted molar refractivity (Wildman–Crippen MR) is 104 cm³/mol. The maximum atomic E-state index is 6.31. The molecule has 3 aromatic rings. The van der Waals surface area contributed by atoms with Gasteiger partial charge < -0.3 is 4.57 Å². The first-order valence-corrected chi connectivity index (χ1v) is 9.28. The van der Waals surface area contributed by atoms with Crippen LogP contribution in [0.5, 0.6) is 0 Å². The van der Waals surface area contributed by atoms with Crippen molar-refractivity contribution in [1.29, 1.82) is 0 Å². The average Bonchev–Trinajstić information content (AvgIpc) is 2.98. The molecule has 0 N–H and O–H groups in total. The van der Waals surface area contributed by atoms with E-state index in [1.807, 2.05) is 6.07 Å². The van der Waals surface area contributed by atoms with E-state index >= 15 is 0 Å². The third-order valence-corrected chi connectivity index (χ3v) is 5.26. The summed E-state index contributed by atoms with van der Waals surface area (Å²) < 4.78 is 2.39. The van der Waals surface area contributed by atoms with Crippen LogP contribution in [-0.2, 0) is 13.1 Å². The van der Waals surface area contributed by atoms with Crippen LogP contribution in [0, 0.1) is 6.92 Å². The van der Waals surface area contributed by atoms with Crippen molar-refractivity contribution in [2.24, 2.45) is 0 Å². The molecule has 0 radical (unpaired) electrons. The molecule has 0 saturated carbocycles. The van der Waals surface area contributed by atoms with Crippen LogP contribution in [0.4, 0.5) is 0 Å². The minimum Gasteiger partial charge on any atom is -0.350 e. The summed E-state index contributed by atoms with van der Waals surface area (Å²) in [5, 5.41) is 0.801. The van der Waals surface area contributed by atoms with Crippen LogP contribution in [-0.4, -0.2) is 16.0 Å². The molecule has 128 valence electrons. The van der Waals surface area contributed by atoms with Crippen LogP contribution >= 0.6 is 11.6 Å². The zero-order valence-corrected chi connectivity index (χ0v) is 15.3. The maximum absolute atomic E-state index is 6.31. The van der Waals surface area contributed by atoms with E-state index < -0.39 is 0 Å². The van der Waals surface area contributed by atoms with Crippen molar-refractivity contribution < 1.29 is 0 Å². The summed E-state index contributed by atoms with van der Waals surface area (Å²) in [6, 6.07) is 21.8. The van der Waals surface area contributed by atoms with Crippen LogP contribution in [0.1, 0.15) is 34.8 Å². The summed E-state index contributed by atoms with van der Waals surface area (Å²) in [6.45, 7) is 5.23. The quantitative estimate of drug-likeness (QED) is 0.610. The van der Waals surface area contributed by atoms with Gasteiger partial charge in [-0.05, 0) is 48.7 Å². The molecule has 0 saturated heterocycles. The first kappa shape index (κ1) is 16.4. The van der Waals surface area contributed by atoms with E-state index in [0.29, 0.717) is 0 Å². The number of hydrogen-bond donors (Lipinski definition) is 0. The van der Waals surface area contributed by atoms with E-state index in [1.54, 1.807) is 0 Å². The molecule has 3 heteroatoms. The fourth-order valence-electron chi connectivity index (χ4n) is 3.80. The number of nitrogens with zero attached hydrogens (tertiary/aromatic N) is 2. The summed E-state index contributed by atoms with van der Waals surface area (Å²) in [4.78, 5) is 2.58. The summed E-state index contributed by atoms with van der Waals surface area (Å²) in [7, 11) is 0. The van der Waals surface area contributed by atoms with Crippen molar-refractivity contribution in [2.75, 3.05) is 6.54 Å². The van der Waals surface area contributed by atoms with Gasteiger partial charge >= 0.3 is 0 Å². The SMILES string of the molecule is Cc1ccc(CN2CCCn3cccc3[C@@H]2c2cccc(Cl)c2)cc1. The molecule has 0 bridgehead atoms. The van der Waals surface area contributed by atoms with Gasteiger partial charge in [-0.15, -0.1) is 0 Å². The molecule has 0 aliphatic carbocycles. The van der Waals surface area contributed by atoms with Gasteiger partial charge in [0, 0.05) is 36.5 Å². The molecule has 0 spiro atoms. The average molecular weight is 351 g/mol. The molecular weight excluding hydrogens is 328 g/mol. The summed E-state index contributed by atoms with van der Waals surface area (Å²) >= 11 is 6.31. The molecule has 1 aliphatic heterocycles. The molecule has 0 amide bonds. The number of halogens is 1. The molecule has 2 heterocycles. The molecule has 0 unspecified atom stereocenters. The maximum Gasteiger partial charge on any atom is 0.0759 e. The lowest BCUT2D eigenvalue weighted by molar-refractivity contribution is 0.220. The minimum atomic E-state index is 0.234. The third-order valence-electron chi connectivity index (χ3n) is 5.02. The highest BCUT2D eigenvalue weighted by molar-refractivity contribution is 6.30. The van der Waals surface area contributed by atoms with E-state index in [1.165, 1.54) is 22.4 Å². The lowest BCUT2D eigenvalue weighted by Gasteiger charge is -2.31. The Bertz CT molecular complexity index is 850. The standard InChI is InChI=1S/C22H23ClN2/c1-17-8-10-18(11-9-17)16-25-14-4-13-24-12-3-7-21(24)22(25)19-5-2-6-20(23)15-19/h2-3,5-12,15,22H,4,13-14,16H2,1H3/t22-/m0/s1. The van der Waals surface area contributed by atoms with Crippen molar-refractivity contribution in [3.63, 3.8) is 0 Å². The largest absolute Gasteiger partial charge is 0.350 e. The fraction of sp³-hybridized carbons (Fsp3) is 0.273. The number of hydrogen-bond acceptors (Lipinski definition) is 1. The zero-order valence-electron chi connectivity index (χ0n) is 14.5. The lowest BCUT2D eigenvalue weighted by atomic mass is 10.0. The van der Waals surface area contributed by atoms with E-state index in [9.17, 15) is 0 Å². The number of aryl methyl sites for hydroxylation is 2. The second kappa shape index (κ2) is 7.07. The molecule has 1 aliphatic rings. The number of benzene rings is 2. The highest BCUT2D eigenvalue weighted by atomic mass is 35.5. The predicted octanol–water partition coefficient (Wildman–Crippen LogP) is 5.45. The third kappa shape index (κ3) is 3.51. The molecule has 25 heavy (non-hydrogen) atoms. The molecule has 1 atom stereocenters. The molecule has 1 aromatic heterocycles. The van der Waals surface area contributed by atoms with Gasteiger partial charge in [0.1, 0.15) is 0 Å². The molecule has 2 aromatic carbocycles. The lowest BCUT2D eigenvalue weighted by Crippen LogP contribution is -2.29. The van der Waals surface area contributed by atoms with Crippen molar-refractivity contribution in [1.82, 2.24) is 9.47 Å². The Morgan fingerprint density at radius 3 is 2.64 bits per heavy atom. The number of fused-ring (bicyclic) bond motifs is 1. The zero-order chi connectivity index (χ0) is 17.2. The van der Waals surface area contributed by atoms with E-state index in [2.05, 4.69) is 77.2 Å². The highest BCUT2D eigenvalue weighted by Crippen LogP contribution is 2.34. The Balaban J connectivity index is 1.74. The van der Waals surface area contributed by atoms with Crippen LogP contribution in [0.25, 0.3) is 0 Å². The van der Waals surface area contributed by atoms with Crippen LogP contribution in [0.15, 0.2) is 66.9 Å². The van der Waals surface area contributed by atoms with Gasteiger partial charge in [0.25, 0.3) is 0 Å². The summed E-state index contributed by atoms with van der Waals surface area (Å²) in [5.41, 5.74) is 5.28. The summed E-state index contributed by atoms with van der Waals surface area (Å²) in [5.74, 6) is 0. The van der Waals surface area contributed by atoms with Gasteiger partial charge in [-0.25, -0.2) is 0 Å². The highest BCUT2D eigenvalue weighted by Gasteiger charge is 2.27. The monoisotopic (exact) mass is 350 g/mol. The van der Waals surface area contributed by atoms with Gasteiger partial charge in [-0.3, -0.25) is 4.90 Å². The van der Waals surface area contributed by atoms with Crippen molar-refractivity contribution in [2.45, 2.75) is 32.5 Å². The Hall–Kier alpha value is -2.03. The topological polar surface area (TPSA) is 8.17 Å². The second-order valence-electron chi connectivity index (χ2n) is 6.89. The van der Waals surface area contributed by atoms with Crippen LogP contribution in [0.3, 0.4) is 0 Å². The van der Waals surface area contributed by atoms with E-state index in [-0.39, 0.29) is 6.04 Å². The first-order chi connectivity index (χ1) is 12.2. The summed E-state index contributed by atoms with van der Waals surface area (Å²) in [6.07, 6.45) is 3.35. The van der Waals surface area contributed by atoms with Gasteiger partial charge in [0.15, 0.2) is 0 Å². The van der Waals surface area contributed by atoms with E-state index in [4.69, 9.17) is 11.6 Å². The minimum absolute atomic E-state index is 0.234. The van der Waals surface area contributed by atoms with E-state index in [0.717, 1.165) is 31.1 Å². The Kier molecular flexibility index (Phi) is 4.65. The second-order valence-corrected chi connectivity index (χ2v) is 7.33. The molecule has 4 rings (SSSR count). The van der Waals surface area contributed by atoms with Crippen molar-refractivity contribution in [3.05, 3.63) is 94.3 Å². The van der Waals surface area contributed by atoms with Gasteiger partial charge in [0.05, 0.1) is 6.04 Å². The molecular formula is C22H23ClN2. The number of aromatic nitrogens is 1. The first-order valence-electron chi connectivity index (χ1n) is 8.91. The van der Waals surface area contributed by atoms with Crippen LogP contribution < -0.4 is 0 Å². The number of rotatable bonds is 3. The Morgan fingerprint density at radius 2 is 1.84 bits per heavy atom. The Morgan fingerprint density at radius 1 is 1.00 bits per heavy atom. The van der Waals surface area contributed by atoms with Gasteiger partial charge in [-0.2, -0.15) is 0 Å². The normalized spacial score (nSPS) is 17.9. The molecule has 0 fully saturated rings. The molecule has 2 nitrogen and oxygen atoms in total. The Labute approximate surface area is 154 Å². The van der Waals surface area contributed by atoms with Crippen LogP contribution in [0.2, 0.25) is 5.02 Å². The fourth-order valence-corrected chi connectivity index (χ4v) is 3.99. The van der Waals surface area contributed by atoms with Gasteiger partial charge in [0.2, 0.25) is 0 Å². The van der Waals surface area contributed by atoms with Crippen molar-refractivity contribution >= 4 is 11.6 Å². The van der Waals surface area contributed by atoms with Crippen molar-refractivity contribution in [3.8, 4) is 0 Å².